The Bertz CT molecular complexity index is 963. The smallest absolute Gasteiger partial charge is 0.328 e. The lowest BCUT2D eigenvalue weighted by Crippen LogP contribution is -2.49. The highest BCUT2D eigenvalue weighted by molar-refractivity contribution is 6.67. The van der Waals surface area contributed by atoms with Crippen molar-refractivity contribution in [3.8, 4) is 5.97 Å². The molecule has 3 heterocycles. The Kier molecular flexibility index (Phi) is 4.32. The van der Waals surface area contributed by atoms with Gasteiger partial charge in [-0.05, 0) is 36.6 Å². The van der Waals surface area contributed by atoms with Crippen molar-refractivity contribution in [3.63, 3.8) is 0 Å². The molecule has 4 rings (SSSR count). The molecule has 7 nitrogen and oxygen atoms in total. The maximum Gasteiger partial charge on any atom is 0.328 e. The Morgan fingerprint density at radius 3 is 2.74 bits per heavy atom. The first-order chi connectivity index (χ1) is 13.0. The van der Waals surface area contributed by atoms with E-state index in [4.69, 9.17) is 5.26 Å². The van der Waals surface area contributed by atoms with Crippen LogP contribution in [0, 0.1) is 11.2 Å². The summed E-state index contributed by atoms with van der Waals surface area (Å²) in [6, 6.07) is 7.06. The van der Waals surface area contributed by atoms with E-state index in [9.17, 15) is 14.7 Å². The number of nitrogens with one attached hydrogen (secondary N) is 1. The van der Waals surface area contributed by atoms with Gasteiger partial charge >= 0.3 is 6.03 Å². The van der Waals surface area contributed by atoms with E-state index in [0.717, 1.165) is 16.5 Å². The number of amides is 3. The second-order valence-corrected chi connectivity index (χ2v) is 7.29. The average molecular weight is 362 g/mol. The Balaban J connectivity index is 1.65. The number of nitrogens with zero attached hydrogens (tertiary/aromatic N) is 3. The molecule has 2 aliphatic rings. The van der Waals surface area contributed by atoms with Gasteiger partial charge in [-0.3, -0.25) is 20.0 Å². The molecule has 0 aliphatic carbocycles. The van der Waals surface area contributed by atoms with Gasteiger partial charge in [0.2, 0.25) is 5.91 Å². The highest BCUT2D eigenvalue weighted by Gasteiger charge is 2.36. The maximum absolute atomic E-state index is 12.1. The number of fused-ring (bicyclic) bond motifs is 1. The Labute approximate surface area is 157 Å². The number of benzene rings is 1. The van der Waals surface area contributed by atoms with Crippen LogP contribution < -0.4 is 10.2 Å². The van der Waals surface area contributed by atoms with Gasteiger partial charge in [0.05, 0.1) is 23.0 Å². The molecule has 2 aromatic rings. The molecule has 1 aromatic heterocycles. The summed E-state index contributed by atoms with van der Waals surface area (Å²) in [6.45, 7) is 0.330. The number of hydrogen-bond acceptors (Lipinski definition) is 5. The third-order valence-electron chi connectivity index (χ3n) is 5.57. The van der Waals surface area contributed by atoms with Gasteiger partial charge in [0.15, 0.2) is 0 Å². The fourth-order valence-electron chi connectivity index (χ4n) is 3.88. The summed E-state index contributed by atoms with van der Waals surface area (Å²) < 4.78 is 0. The van der Waals surface area contributed by atoms with Crippen LogP contribution in [-0.2, 0) is 10.4 Å². The zero-order valence-corrected chi connectivity index (χ0v) is 14.8. The first-order valence-electron chi connectivity index (χ1n) is 9.12. The van der Waals surface area contributed by atoms with Crippen LogP contribution in [0.2, 0.25) is 12.6 Å². The number of rotatable bonds is 2. The zero-order chi connectivity index (χ0) is 19.0. The van der Waals surface area contributed by atoms with Crippen molar-refractivity contribution >= 4 is 35.2 Å². The number of anilines is 1. The molecule has 3 amide bonds. The number of carbonyl (C=O) groups excluding carboxylic acids is 2. The largest absolute Gasteiger partial charge is 0.385 e. The van der Waals surface area contributed by atoms with E-state index in [1.54, 1.807) is 6.20 Å². The molecule has 2 saturated heterocycles. The fourth-order valence-corrected chi connectivity index (χ4v) is 3.88. The molecule has 2 N–H and O–H groups in total. The van der Waals surface area contributed by atoms with Crippen molar-refractivity contribution in [2.75, 3.05) is 11.4 Å². The van der Waals surface area contributed by atoms with Crippen molar-refractivity contribution in [2.24, 2.45) is 0 Å². The number of aliphatic hydroxyl groups is 1. The fraction of sp³-hybridized carbons (Fsp3) is 0.368. The number of hydrogen-bond donors (Lipinski definition) is 2. The van der Waals surface area contributed by atoms with Crippen LogP contribution in [0.5, 0.6) is 0 Å². The van der Waals surface area contributed by atoms with E-state index >= 15 is 0 Å². The molecule has 2 aliphatic heterocycles. The standard InChI is InChI=1S/C19H19BN4O3/c21-12-20-6-4-19(27,5-7-20)14-1-2-16-13(9-14)10-15(11-22-16)24-8-3-17(25)23-18(24)26/h1-2,9-11,27H,3-8H2,(H,23,25,26). The summed E-state index contributed by atoms with van der Waals surface area (Å²) in [5, 5.41) is 23.3. The predicted molar refractivity (Wildman–Crippen MR) is 101 cm³/mol. The molecule has 1 aromatic carbocycles. The maximum atomic E-state index is 12.1. The van der Waals surface area contributed by atoms with Crippen LogP contribution in [0.4, 0.5) is 10.5 Å². The van der Waals surface area contributed by atoms with Gasteiger partial charge in [-0.1, -0.05) is 18.7 Å². The molecular weight excluding hydrogens is 343 g/mol. The van der Waals surface area contributed by atoms with Crippen molar-refractivity contribution in [2.45, 2.75) is 37.5 Å². The molecule has 0 saturated carbocycles. The lowest BCUT2D eigenvalue weighted by Gasteiger charge is -2.33. The third kappa shape index (κ3) is 3.26. The Morgan fingerprint density at radius 2 is 2.04 bits per heavy atom. The second-order valence-electron chi connectivity index (χ2n) is 7.29. The van der Waals surface area contributed by atoms with Crippen molar-refractivity contribution < 1.29 is 14.7 Å². The number of urea groups is 1. The van der Waals surface area contributed by atoms with Gasteiger partial charge in [0.25, 0.3) is 6.71 Å². The van der Waals surface area contributed by atoms with Crippen molar-refractivity contribution in [1.29, 1.82) is 5.26 Å². The molecule has 0 radical (unpaired) electrons. The summed E-state index contributed by atoms with van der Waals surface area (Å²) in [6.07, 6.45) is 4.35. The highest BCUT2D eigenvalue weighted by atomic mass is 16.3. The van der Waals surface area contributed by atoms with Crippen LogP contribution in [0.15, 0.2) is 30.5 Å². The van der Waals surface area contributed by atoms with E-state index in [-0.39, 0.29) is 19.0 Å². The van der Waals surface area contributed by atoms with Gasteiger partial charge in [0.1, 0.15) is 0 Å². The molecular formula is C19H19BN4O3. The number of pyridine rings is 1. The second kappa shape index (κ2) is 6.67. The van der Waals surface area contributed by atoms with Crippen LogP contribution in [0.25, 0.3) is 10.9 Å². The molecule has 0 unspecified atom stereocenters. The lowest BCUT2D eigenvalue weighted by atomic mass is 9.41. The van der Waals surface area contributed by atoms with Crippen LogP contribution in [-0.4, -0.2) is 35.3 Å². The van der Waals surface area contributed by atoms with E-state index < -0.39 is 11.6 Å². The SMILES string of the molecule is N#CB1CCC(O)(c2ccc3ncc(N4CCC(=O)NC4=O)cc3c2)CC1. The molecule has 136 valence electrons. The van der Waals surface area contributed by atoms with E-state index in [0.29, 0.717) is 37.7 Å². The van der Waals surface area contributed by atoms with Gasteiger partial charge in [-0.15, -0.1) is 0 Å². The molecule has 8 heteroatoms. The monoisotopic (exact) mass is 362 g/mol. The van der Waals surface area contributed by atoms with E-state index in [2.05, 4.69) is 16.3 Å². The highest BCUT2D eigenvalue weighted by Crippen LogP contribution is 2.38. The molecule has 0 spiro atoms. The quantitative estimate of drug-likeness (QED) is 0.797. The van der Waals surface area contributed by atoms with Gasteiger partial charge < -0.3 is 5.11 Å². The van der Waals surface area contributed by atoms with Crippen molar-refractivity contribution in [3.05, 3.63) is 36.0 Å². The number of imide groups is 1. The summed E-state index contributed by atoms with van der Waals surface area (Å²) in [7, 11) is 0. The minimum Gasteiger partial charge on any atom is -0.385 e. The first kappa shape index (κ1) is 17.5. The van der Waals surface area contributed by atoms with Gasteiger partial charge in [-0.2, -0.15) is 0 Å². The predicted octanol–water partition coefficient (Wildman–Crippen LogP) is 2.22. The summed E-state index contributed by atoms with van der Waals surface area (Å²) in [4.78, 5) is 29.3. The van der Waals surface area contributed by atoms with Crippen LogP contribution in [0.1, 0.15) is 24.8 Å². The molecule has 0 atom stereocenters. The minimum absolute atomic E-state index is 0.0133. The number of carbonyl (C=O) groups is 2. The number of aromatic nitrogens is 1. The summed E-state index contributed by atoms with van der Waals surface area (Å²) >= 11 is 0. The zero-order valence-electron chi connectivity index (χ0n) is 14.8. The van der Waals surface area contributed by atoms with Crippen molar-refractivity contribution in [1.82, 2.24) is 10.3 Å². The van der Waals surface area contributed by atoms with Gasteiger partial charge in [0, 0.05) is 24.3 Å². The molecule has 0 bridgehead atoms. The van der Waals surface area contributed by atoms with Crippen LogP contribution in [0.3, 0.4) is 0 Å². The van der Waals surface area contributed by atoms with Crippen LogP contribution >= 0.6 is 0 Å². The minimum atomic E-state index is -0.938. The number of nitriles is 1. The van der Waals surface area contributed by atoms with E-state index in [1.165, 1.54) is 4.90 Å². The Morgan fingerprint density at radius 1 is 1.26 bits per heavy atom. The average Bonchev–Trinajstić information content (AvgIpc) is 2.68. The molecule has 2 fully saturated rings. The molecule has 27 heavy (non-hydrogen) atoms. The Hall–Kier alpha value is -2.92. The normalized spacial score (nSPS) is 19.7. The van der Waals surface area contributed by atoms with Gasteiger partial charge in [-0.25, -0.2) is 10.1 Å². The summed E-state index contributed by atoms with van der Waals surface area (Å²) in [5.41, 5.74) is 1.26. The third-order valence-corrected chi connectivity index (χ3v) is 5.57. The topological polar surface area (TPSA) is 106 Å². The summed E-state index contributed by atoms with van der Waals surface area (Å²) in [5.74, 6) is 2.01. The van der Waals surface area contributed by atoms with E-state index in [1.807, 2.05) is 24.3 Å². The lowest BCUT2D eigenvalue weighted by molar-refractivity contribution is -0.120. The first-order valence-corrected chi connectivity index (χ1v) is 9.12.